The molecule has 1 aromatic heterocycles. The van der Waals surface area contributed by atoms with Gasteiger partial charge in [-0.15, -0.1) is 6.42 Å². The lowest BCUT2D eigenvalue weighted by Crippen LogP contribution is -1.90. The van der Waals surface area contributed by atoms with Crippen LogP contribution in [-0.2, 0) is 0 Å². The van der Waals surface area contributed by atoms with Crippen molar-refractivity contribution in [3.63, 3.8) is 0 Å². The van der Waals surface area contributed by atoms with Gasteiger partial charge in [-0.2, -0.15) is 0 Å². The molecule has 15 heavy (non-hydrogen) atoms. The fourth-order valence-corrected chi connectivity index (χ4v) is 1.59. The van der Waals surface area contributed by atoms with Crippen molar-refractivity contribution in [3.8, 4) is 18.1 Å². The fourth-order valence-electron chi connectivity index (χ4n) is 1.59. The van der Waals surface area contributed by atoms with Crippen LogP contribution in [0.5, 0.6) is 5.75 Å². The second-order valence-electron chi connectivity index (χ2n) is 3.09. The van der Waals surface area contributed by atoms with Gasteiger partial charge in [-0.25, -0.2) is 0 Å². The van der Waals surface area contributed by atoms with E-state index in [1.54, 1.807) is 12.1 Å². The molecule has 1 aromatic carbocycles. The summed E-state index contributed by atoms with van der Waals surface area (Å²) in [6, 6.07) is 5.30. The Labute approximate surface area is 87.1 Å². The zero-order valence-electron chi connectivity index (χ0n) is 8.20. The third-order valence-corrected chi connectivity index (χ3v) is 2.27. The van der Waals surface area contributed by atoms with Gasteiger partial charge in [0.2, 0.25) is 0 Å². The van der Waals surface area contributed by atoms with E-state index in [9.17, 15) is 4.79 Å². The number of benzene rings is 1. The van der Waals surface area contributed by atoms with Crippen molar-refractivity contribution < 1.29 is 9.53 Å². The molecule has 1 N–H and O–H groups in total. The van der Waals surface area contributed by atoms with E-state index in [4.69, 9.17) is 11.2 Å². The molecular weight excluding hydrogens is 190 g/mol. The van der Waals surface area contributed by atoms with Crippen LogP contribution in [0.15, 0.2) is 18.2 Å². The number of aldehydes is 1. The SMILES string of the molecule is C#Cc1cc2c(OC)c(C=O)ccc2[nH]1. The predicted octanol–water partition coefficient (Wildman–Crippen LogP) is 1.97. The second kappa shape index (κ2) is 3.50. The molecule has 0 aliphatic heterocycles. The summed E-state index contributed by atoms with van der Waals surface area (Å²) in [6.45, 7) is 0. The van der Waals surface area contributed by atoms with Crippen molar-refractivity contribution in [2.24, 2.45) is 0 Å². The average molecular weight is 199 g/mol. The zero-order chi connectivity index (χ0) is 10.8. The summed E-state index contributed by atoms with van der Waals surface area (Å²) in [5.41, 5.74) is 2.06. The summed E-state index contributed by atoms with van der Waals surface area (Å²) in [7, 11) is 1.53. The van der Waals surface area contributed by atoms with E-state index >= 15 is 0 Å². The normalized spacial score (nSPS) is 9.87. The first kappa shape index (κ1) is 9.35. The second-order valence-corrected chi connectivity index (χ2v) is 3.09. The molecule has 0 atom stereocenters. The highest BCUT2D eigenvalue weighted by molar-refractivity contribution is 5.95. The molecule has 1 heterocycles. The monoisotopic (exact) mass is 199 g/mol. The minimum atomic E-state index is 0.521. The van der Waals surface area contributed by atoms with E-state index in [0.29, 0.717) is 17.0 Å². The number of ether oxygens (including phenoxy) is 1. The van der Waals surface area contributed by atoms with Crippen LogP contribution in [0.2, 0.25) is 0 Å². The number of H-pyrrole nitrogens is 1. The number of carbonyl (C=O) groups is 1. The summed E-state index contributed by atoms with van der Waals surface area (Å²) in [4.78, 5) is 13.8. The molecule has 0 bridgehead atoms. The third-order valence-electron chi connectivity index (χ3n) is 2.27. The van der Waals surface area contributed by atoms with Gasteiger partial charge < -0.3 is 9.72 Å². The van der Waals surface area contributed by atoms with E-state index < -0.39 is 0 Å². The molecule has 2 rings (SSSR count). The van der Waals surface area contributed by atoms with Gasteiger partial charge in [-0.05, 0) is 18.2 Å². The summed E-state index contributed by atoms with van der Waals surface area (Å²) >= 11 is 0. The van der Waals surface area contributed by atoms with Gasteiger partial charge in [0.1, 0.15) is 5.75 Å². The van der Waals surface area contributed by atoms with Crippen LogP contribution in [0.1, 0.15) is 16.1 Å². The number of aromatic amines is 1. The molecule has 0 aliphatic carbocycles. The largest absolute Gasteiger partial charge is 0.495 e. The molecule has 0 amide bonds. The minimum absolute atomic E-state index is 0.521. The van der Waals surface area contributed by atoms with Gasteiger partial charge >= 0.3 is 0 Å². The molecular formula is C12H9NO2. The molecule has 0 saturated carbocycles. The molecule has 2 aromatic rings. The van der Waals surface area contributed by atoms with E-state index in [0.717, 1.165) is 17.2 Å². The fraction of sp³-hybridized carbons (Fsp3) is 0.0833. The van der Waals surface area contributed by atoms with Crippen LogP contribution in [0.4, 0.5) is 0 Å². The van der Waals surface area contributed by atoms with Crippen LogP contribution in [0, 0.1) is 12.3 Å². The van der Waals surface area contributed by atoms with Crippen molar-refractivity contribution in [2.45, 2.75) is 0 Å². The lowest BCUT2D eigenvalue weighted by atomic mass is 10.1. The molecule has 0 saturated heterocycles. The lowest BCUT2D eigenvalue weighted by molar-refractivity contribution is 0.112. The number of carbonyl (C=O) groups excluding carboxylic acids is 1. The first-order chi connectivity index (χ1) is 7.30. The summed E-state index contributed by atoms with van der Waals surface area (Å²) in [6.07, 6.45) is 6.05. The molecule has 3 nitrogen and oxygen atoms in total. The number of aromatic nitrogens is 1. The maximum Gasteiger partial charge on any atom is 0.153 e. The number of hydrogen-bond donors (Lipinski definition) is 1. The Balaban J connectivity index is 2.81. The van der Waals surface area contributed by atoms with Gasteiger partial charge in [0.05, 0.1) is 23.9 Å². The Bertz CT molecular complexity index is 561. The van der Waals surface area contributed by atoms with Crippen LogP contribution in [0.3, 0.4) is 0 Å². The topological polar surface area (TPSA) is 42.1 Å². The Kier molecular flexibility index (Phi) is 2.18. The van der Waals surface area contributed by atoms with E-state index in [2.05, 4.69) is 10.9 Å². The maximum absolute atomic E-state index is 10.8. The summed E-state index contributed by atoms with van der Waals surface area (Å²) in [5.74, 6) is 3.06. The predicted molar refractivity (Wildman–Crippen MR) is 58.2 cm³/mol. The highest BCUT2D eigenvalue weighted by atomic mass is 16.5. The van der Waals surface area contributed by atoms with Gasteiger partial charge in [-0.3, -0.25) is 4.79 Å². The number of nitrogens with one attached hydrogen (secondary N) is 1. The molecule has 0 unspecified atom stereocenters. The van der Waals surface area contributed by atoms with Gasteiger partial charge in [0.15, 0.2) is 6.29 Å². The number of hydrogen-bond acceptors (Lipinski definition) is 2. The Morgan fingerprint density at radius 2 is 2.33 bits per heavy atom. The molecule has 0 spiro atoms. The maximum atomic E-state index is 10.8. The number of methoxy groups -OCH3 is 1. The van der Waals surface area contributed by atoms with Crippen molar-refractivity contribution in [1.82, 2.24) is 4.98 Å². The highest BCUT2D eigenvalue weighted by Gasteiger charge is 2.09. The molecule has 0 aliphatic rings. The first-order valence-electron chi connectivity index (χ1n) is 4.41. The van der Waals surface area contributed by atoms with Crippen molar-refractivity contribution >= 4 is 17.2 Å². The molecule has 3 heteroatoms. The number of terminal acetylenes is 1. The van der Waals surface area contributed by atoms with Crippen LogP contribution < -0.4 is 4.74 Å². The molecule has 74 valence electrons. The van der Waals surface area contributed by atoms with Crippen LogP contribution in [-0.4, -0.2) is 18.4 Å². The number of fused-ring (bicyclic) bond motifs is 1. The van der Waals surface area contributed by atoms with E-state index in [1.807, 2.05) is 6.07 Å². The highest BCUT2D eigenvalue weighted by Crippen LogP contribution is 2.29. The van der Waals surface area contributed by atoms with E-state index in [1.165, 1.54) is 7.11 Å². The minimum Gasteiger partial charge on any atom is -0.495 e. The Hall–Kier alpha value is -2.21. The van der Waals surface area contributed by atoms with Gasteiger partial charge in [0, 0.05) is 5.39 Å². The number of rotatable bonds is 2. The zero-order valence-corrected chi connectivity index (χ0v) is 8.20. The van der Waals surface area contributed by atoms with Crippen molar-refractivity contribution in [3.05, 3.63) is 29.5 Å². The summed E-state index contributed by atoms with van der Waals surface area (Å²) in [5, 5.41) is 0.829. The van der Waals surface area contributed by atoms with Gasteiger partial charge in [-0.1, -0.05) is 5.92 Å². The Morgan fingerprint density at radius 3 is 2.93 bits per heavy atom. The van der Waals surface area contributed by atoms with Crippen molar-refractivity contribution in [1.29, 1.82) is 0 Å². The average Bonchev–Trinajstić information content (AvgIpc) is 2.70. The Morgan fingerprint density at radius 1 is 1.53 bits per heavy atom. The summed E-state index contributed by atoms with van der Waals surface area (Å²) < 4.78 is 5.19. The first-order valence-corrected chi connectivity index (χ1v) is 4.41. The lowest BCUT2D eigenvalue weighted by Gasteiger charge is -2.03. The van der Waals surface area contributed by atoms with E-state index in [-0.39, 0.29) is 0 Å². The molecule has 0 radical (unpaired) electrons. The molecule has 0 fully saturated rings. The standard InChI is InChI=1S/C12H9NO2/c1-3-9-6-10-11(13-9)5-4-8(7-14)12(10)15-2/h1,4-7,13H,2H3. The van der Waals surface area contributed by atoms with Crippen LogP contribution in [0.25, 0.3) is 10.9 Å². The van der Waals surface area contributed by atoms with Crippen molar-refractivity contribution in [2.75, 3.05) is 7.11 Å². The van der Waals surface area contributed by atoms with Crippen LogP contribution >= 0.6 is 0 Å². The quantitative estimate of drug-likeness (QED) is 0.593. The smallest absolute Gasteiger partial charge is 0.153 e. The van der Waals surface area contributed by atoms with Gasteiger partial charge in [0.25, 0.3) is 0 Å². The third kappa shape index (κ3) is 1.36.